The standard InChI is InChI=1S/C14H21N3O2/c18-14(12-3-1-2-8-19-12)16-10-11-4-6-17-7-5-15-13(17)9-11/h5,7,11-12H,1-4,6,8-10H2,(H,16,18)/t11-,12+/m0/s1. The molecule has 1 N–H and O–H groups in total. The molecule has 0 radical (unpaired) electrons. The first-order valence-electron chi connectivity index (χ1n) is 7.22. The van der Waals surface area contributed by atoms with Gasteiger partial charge in [-0.15, -0.1) is 0 Å². The maximum Gasteiger partial charge on any atom is 0.249 e. The summed E-state index contributed by atoms with van der Waals surface area (Å²) in [7, 11) is 0. The Morgan fingerprint density at radius 3 is 3.26 bits per heavy atom. The maximum absolute atomic E-state index is 12.0. The van der Waals surface area contributed by atoms with Gasteiger partial charge in [-0.1, -0.05) is 0 Å². The Morgan fingerprint density at radius 1 is 1.47 bits per heavy atom. The van der Waals surface area contributed by atoms with Crippen LogP contribution >= 0.6 is 0 Å². The number of imidazole rings is 1. The van der Waals surface area contributed by atoms with Gasteiger partial charge >= 0.3 is 0 Å². The van der Waals surface area contributed by atoms with Gasteiger partial charge in [0.05, 0.1) is 0 Å². The molecule has 5 heteroatoms. The summed E-state index contributed by atoms with van der Waals surface area (Å²) in [6, 6.07) is 0. The van der Waals surface area contributed by atoms with Crippen molar-refractivity contribution in [2.75, 3.05) is 13.2 Å². The molecule has 1 aromatic rings. The van der Waals surface area contributed by atoms with Crippen molar-refractivity contribution in [2.24, 2.45) is 5.92 Å². The number of nitrogens with one attached hydrogen (secondary N) is 1. The average molecular weight is 263 g/mol. The summed E-state index contributed by atoms with van der Waals surface area (Å²) < 4.78 is 7.69. The smallest absolute Gasteiger partial charge is 0.249 e. The van der Waals surface area contributed by atoms with Crippen LogP contribution in [0, 0.1) is 5.92 Å². The monoisotopic (exact) mass is 263 g/mol. The van der Waals surface area contributed by atoms with Gasteiger partial charge < -0.3 is 14.6 Å². The lowest BCUT2D eigenvalue weighted by atomic mass is 9.97. The molecule has 0 aliphatic carbocycles. The Hall–Kier alpha value is -1.36. The van der Waals surface area contributed by atoms with Gasteiger partial charge in [0.1, 0.15) is 11.9 Å². The molecule has 104 valence electrons. The van der Waals surface area contributed by atoms with E-state index in [0.29, 0.717) is 5.92 Å². The van der Waals surface area contributed by atoms with E-state index in [-0.39, 0.29) is 12.0 Å². The van der Waals surface area contributed by atoms with E-state index >= 15 is 0 Å². The van der Waals surface area contributed by atoms with Crippen molar-refractivity contribution in [3.8, 4) is 0 Å². The number of ether oxygens (including phenoxy) is 1. The molecule has 3 rings (SSSR count). The lowest BCUT2D eigenvalue weighted by Gasteiger charge is -2.26. The molecule has 19 heavy (non-hydrogen) atoms. The summed E-state index contributed by atoms with van der Waals surface area (Å²) in [5.74, 6) is 1.70. The number of aromatic nitrogens is 2. The zero-order chi connectivity index (χ0) is 13.1. The van der Waals surface area contributed by atoms with Crippen LogP contribution in [0.4, 0.5) is 0 Å². The highest BCUT2D eigenvalue weighted by atomic mass is 16.5. The Balaban J connectivity index is 1.46. The Kier molecular flexibility index (Phi) is 3.82. The Morgan fingerprint density at radius 2 is 2.42 bits per heavy atom. The first-order chi connectivity index (χ1) is 9.33. The normalized spacial score (nSPS) is 26.7. The van der Waals surface area contributed by atoms with Crippen molar-refractivity contribution in [1.82, 2.24) is 14.9 Å². The van der Waals surface area contributed by atoms with Crippen LogP contribution in [0.3, 0.4) is 0 Å². The molecule has 1 amide bonds. The van der Waals surface area contributed by atoms with E-state index in [9.17, 15) is 4.79 Å². The van der Waals surface area contributed by atoms with Crippen molar-refractivity contribution in [3.63, 3.8) is 0 Å². The molecule has 1 fully saturated rings. The van der Waals surface area contributed by atoms with Crippen LogP contribution in [0.1, 0.15) is 31.5 Å². The quantitative estimate of drug-likeness (QED) is 0.889. The van der Waals surface area contributed by atoms with Crippen LogP contribution in [0.2, 0.25) is 0 Å². The van der Waals surface area contributed by atoms with Crippen molar-refractivity contribution in [1.29, 1.82) is 0 Å². The minimum atomic E-state index is -0.223. The third-order valence-corrected chi connectivity index (χ3v) is 4.09. The van der Waals surface area contributed by atoms with E-state index in [4.69, 9.17) is 4.74 Å². The lowest BCUT2D eigenvalue weighted by Crippen LogP contribution is -2.41. The van der Waals surface area contributed by atoms with Gasteiger partial charge in [-0.3, -0.25) is 4.79 Å². The highest BCUT2D eigenvalue weighted by molar-refractivity contribution is 5.80. The molecule has 2 atom stereocenters. The van der Waals surface area contributed by atoms with Crippen molar-refractivity contribution in [3.05, 3.63) is 18.2 Å². The molecule has 1 saturated heterocycles. The van der Waals surface area contributed by atoms with Crippen LogP contribution in [-0.2, 0) is 22.5 Å². The lowest BCUT2D eigenvalue weighted by molar-refractivity contribution is -0.135. The molecule has 0 spiro atoms. The van der Waals surface area contributed by atoms with E-state index in [1.807, 2.05) is 12.4 Å². The fraction of sp³-hybridized carbons (Fsp3) is 0.714. The van der Waals surface area contributed by atoms with Gasteiger partial charge in [-0.05, 0) is 31.6 Å². The summed E-state index contributed by atoms with van der Waals surface area (Å²) in [6.45, 7) is 2.47. The minimum absolute atomic E-state index is 0.0635. The second-order valence-electron chi connectivity index (χ2n) is 5.50. The van der Waals surface area contributed by atoms with E-state index in [1.54, 1.807) is 0 Å². The predicted molar refractivity (Wildman–Crippen MR) is 70.6 cm³/mol. The first-order valence-corrected chi connectivity index (χ1v) is 7.22. The second-order valence-corrected chi connectivity index (χ2v) is 5.50. The number of rotatable bonds is 3. The van der Waals surface area contributed by atoms with Crippen LogP contribution in [0.5, 0.6) is 0 Å². The molecular formula is C14H21N3O2. The van der Waals surface area contributed by atoms with Crippen molar-refractivity contribution < 1.29 is 9.53 Å². The van der Waals surface area contributed by atoms with Crippen molar-refractivity contribution >= 4 is 5.91 Å². The summed E-state index contributed by atoms with van der Waals surface area (Å²) in [5.41, 5.74) is 0. The Bertz CT molecular complexity index is 438. The molecular weight excluding hydrogens is 242 g/mol. The summed E-state index contributed by atoms with van der Waals surface area (Å²) in [4.78, 5) is 16.3. The molecule has 3 heterocycles. The van der Waals surface area contributed by atoms with Crippen LogP contribution in [-0.4, -0.2) is 34.7 Å². The van der Waals surface area contributed by atoms with Gasteiger partial charge in [0.25, 0.3) is 0 Å². The van der Waals surface area contributed by atoms with Gasteiger partial charge in [-0.2, -0.15) is 0 Å². The van der Waals surface area contributed by atoms with Gasteiger partial charge in [0.2, 0.25) is 5.91 Å². The molecule has 0 aromatic carbocycles. The first kappa shape index (κ1) is 12.7. The number of nitrogens with zero attached hydrogens (tertiary/aromatic N) is 2. The van der Waals surface area contributed by atoms with Crippen LogP contribution in [0.25, 0.3) is 0 Å². The van der Waals surface area contributed by atoms with Crippen LogP contribution < -0.4 is 5.32 Å². The number of hydrogen-bond acceptors (Lipinski definition) is 3. The van der Waals surface area contributed by atoms with Gasteiger partial charge in [-0.25, -0.2) is 4.98 Å². The number of aryl methyl sites for hydroxylation is 1. The average Bonchev–Trinajstić information content (AvgIpc) is 2.93. The fourth-order valence-corrected chi connectivity index (χ4v) is 2.90. The number of amides is 1. The Labute approximate surface area is 113 Å². The fourth-order valence-electron chi connectivity index (χ4n) is 2.90. The zero-order valence-corrected chi connectivity index (χ0v) is 11.2. The molecule has 0 bridgehead atoms. The SMILES string of the molecule is O=C(NC[C@H]1CCn2ccnc2C1)[C@H]1CCCCO1. The van der Waals surface area contributed by atoms with Crippen LogP contribution in [0.15, 0.2) is 12.4 Å². The van der Waals surface area contributed by atoms with E-state index in [0.717, 1.165) is 57.6 Å². The summed E-state index contributed by atoms with van der Waals surface area (Å²) >= 11 is 0. The summed E-state index contributed by atoms with van der Waals surface area (Å²) in [5, 5.41) is 3.04. The number of fused-ring (bicyclic) bond motifs is 1. The van der Waals surface area contributed by atoms with Crippen molar-refractivity contribution in [2.45, 2.75) is 44.8 Å². The molecule has 5 nitrogen and oxygen atoms in total. The van der Waals surface area contributed by atoms with E-state index in [1.165, 1.54) is 0 Å². The van der Waals surface area contributed by atoms with E-state index in [2.05, 4.69) is 14.9 Å². The molecule has 1 aromatic heterocycles. The third kappa shape index (κ3) is 2.97. The number of hydrogen-bond donors (Lipinski definition) is 1. The molecule has 0 saturated carbocycles. The minimum Gasteiger partial charge on any atom is -0.368 e. The zero-order valence-electron chi connectivity index (χ0n) is 11.2. The second kappa shape index (κ2) is 5.74. The van der Waals surface area contributed by atoms with E-state index < -0.39 is 0 Å². The molecule has 0 unspecified atom stereocenters. The summed E-state index contributed by atoms with van der Waals surface area (Å²) in [6.07, 6.45) is 8.76. The highest BCUT2D eigenvalue weighted by Gasteiger charge is 2.24. The molecule has 2 aliphatic rings. The van der Waals surface area contributed by atoms with Gasteiger partial charge in [0.15, 0.2) is 0 Å². The third-order valence-electron chi connectivity index (χ3n) is 4.09. The van der Waals surface area contributed by atoms with Gasteiger partial charge in [0, 0.05) is 38.5 Å². The largest absolute Gasteiger partial charge is 0.368 e. The maximum atomic E-state index is 12.0. The predicted octanol–water partition coefficient (Wildman–Crippen LogP) is 1.13. The number of carbonyl (C=O) groups excluding carboxylic acids is 1. The topological polar surface area (TPSA) is 56.2 Å². The molecule has 2 aliphatic heterocycles. The highest BCUT2D eigenvalue weighted by Crippen LogP contribution is 2.18. The number of carbonyl (C=O) groups is 1.